The van der Waals surface area contributed by atoms with Gasteiger partial charge in [0.05, 0.1) is 5.69 Å². The molecule has 21 heavy (non-hydrogen) atoms. The molecule has 0 atom stereocenters. The first-order chi connectivity index (χ1) is 10.4. The van der Waals surface area contributed by atoms with Crippen LogP contribution in [0.3, 0.4) is 0 Å². The lowest BCUT2D eigenvalue weighted by Gasteiger charge is -2.06. The molecule has 2 N–H and O–H groups in total. The van der Waals surface area contributed by atoms with Gasteiger partial charge in [0.25, 0.3) is 0 Å². The Morgan fingerprint density at radius 3 is 2.43 bits per heavy atom. The highest BCUT2D eigenvalue weighted by molar-refractivity contribution is 5.61. The van der Waals surface area contributed by atoms with Crippen LogP contribution in [0.4, 0.5) is 0 Å². The van der Waals surface area contributed by atoms with E-state index in [1.54, 1.807) is 0 Å². The van der Waals surface area contributed by atoms with Crippen LogP contribution in [0, 0.1) is 0 Å². The van der Waals surface area contributed by atoms with Crippen molar-refractivity contribution in [3.05, 3.63) is 36.0 Å². The molecule has 0 amide bonds. The van der Waals surface area contributed by atoms with E-state index in [9.17, 15) is 0 Å². The predicted molar refractivity (Wildman–Crippen MR) is 86.7 cm³/mol. The topological polar surface area (TPSA) is 56.7 Å². The van der Waals surface area contributed by atoms with Gasteiger partial charge in [0.2, 0.25) is 0 Å². The summed E-state index contributed by atoms with van der Waals surface area (Å²) in [5.41, 5.74) is 8.95. The lowest BCUT2D eigenvalue weighted by molar-refractivity contribution is 0.503. The van der Waals surface area contributed by atoms with Crippen molar-refractivity contribution in [1.82, 2.24) is 15.0 Å². The molecule has 1 aromatic carbocycles. The third-order valence-corrected chi connectivity index (χ3v) is 3.80. The summed E-state index contributed by atoms with van der Waals surface area (Å²) in [7, 11) is 0. The van der Waals surface area contributed by atoms with Crippen molar-refractivity contribution in [3.8, 4) is 11.3 Å². The average molecular weight is 286 g/mol. The van der Waals surface area contributed by atoms with Crippen LogP contribution in [-0.4, -0.2) is 15.0 Å². The average Bonchev–Trinajstić information content (AvgIpc) is 2.94. The highest BCUT2D eigenvalue weighted by Gasteiger charge is 2.12. The number of nitrogens with zero attached hydrogens (tertiary/aromatic N) is 3. The first-order valence-corrected chi connectivity index (χ1v) is 8.04. The van der Waals surface area contributed by atoms with Gasteiger partial charge in [-0.2, -0.15) is 0 Å². The number of benzene rings is 1. The quantitative estimate of drug-likeness (QED) is 0.714. The van der Waals surface area contributed by atoms with Crippen LogP contribution in [0.2, 0.25) is 0 Å². The molecule has 0 saturated heterocycles. The van der Waals surface area contributed by atoms with Crippen LogP contribution >= 0.6 is 0 Å². The second kappa shape index (κ2) is 8.57. The Morgan fingerprint density at radius 2 is 1.71 bits per heavy atom. The smallest absolute Gasteiger partial charge is 0.117 e. The van der Waals surface area contributed by atoms with Crippen LogP contribution in [0.15, 0.2) is 30.3 Å². The number of hydrogen-bond donors (Lipinski definition) is 1. The number of hydrogen-bond acceptors (Lipinski definition) is 3. The summed E-state index contributed by atoms with van der Waals surface area (Å²) in [5.74, 6) is 0. The minimum Gasteiger partial charge on any atom is -0.325 e. The normalized spacial score (nSPS) is 11.0. The zero-order valence-corrected chi connectivity index (χ0v) is 13.0. The Morgan fingerprint density at radius 1 is 1.00 bits per heavy atom. The minimum absolute atomic E-state index is 0.479. The first-order valence-electron chi connectivity index (χ1n) is 8.04. The molecule has 114 valence electrons. The van der Waals surface area contributed by atoms with Crippen molar-refractivity contribution in [2.75, 3.05) is 0 Å². The number of rotatable bonds is 9. The SMILES string of the molecule is CCCCCCCCn1nnc(-c2ccccc2)c1CN. The van der Waals surface area contributed by atoms with Crippen LogP contribution in [0.1, 0.15) is 51.1 Å². The summed E-state index contributed by atoms with van der Waals surface area (Å²) >= 11 is 0. The zero-order valence-electron chi connectivity index (χ0n) is 13.0. The molecule has 0 saturated carbocycles. The molecule has 0 aliphatic carbocycles. The van der Waals surface area contributed by atoms with Crippen LogP contribution < -0.4 is 5.73 Å². The molecule has 4 heteroatoms. The van der Waals surface area contributed by atoms with Gasteiger partial charge >= 0.3 is 0 Å². The summed E-state index contributed by atoms with van der Waals surface area (Å²) in [5, 5.41) is 8.60. The Bertz CT molecular complexity index is 519. The predicted octanol–water partition coefficient (Wildman–Crippen LogP) is 3.76. The van der Waals surface area contributed by atoms with E-state index < -0.39 is 0 Å². The van der Waals surface area contributed by atoms with E-state index in [4.69, 9.17) is 5.73 Å². The summed E-state index contributed by atoms with van der Waals surface area (Å²) in [6.45, 7) is 3.64. The maximum Gasteiger partial charge on any atom is 0.117 e. The number of nitrogens with two attached hydrogens (primary N) is 1. The van der Waals surface area contributed by atoms with Crippen LogP contribution in [0.25, 0.3) is 11.3 Å². The molecule has 2 aromatic rings. The van der Waals surface area contributed by atoms with Gasteiger partial charge in [0.1, 0.15) is 5.69 Å². The maximum atomic E-state index is 5.90. The fourth-order valence-corrected chi connectivity index (χ4v) is 2.58. The molecular formula is C17H26N4. The van der Waals surface area contributed by atoms with E-state index >= 15 is 0 Å². The van der Waals surface area contributed by atoms with E-state index in [2.05, 4.69) is 29.4 Å². The molecule has 0 fully saturated rings. The van der Waals surface area contributed by atoms with Gasteiger partial charge in [0, 0.05) is 18.7 Å². The van der Waals surface area contributed by atoms with E-state index in [0.717, 1.165) is 29.9 Å². The molecule has 0 aliphatic heterocycles. The van der Waals surface area contributed by atoms with Gasteiger partial charge in [-0.1, -0.05) is 74.6 Å². The number of aromatic nitrogens is 3. The Kier molecular flexibility index (Phi) is 6.41. The molecule has 4 nitrogen and oxygen atoms in total. The van der Waals surface area contributed by atoms with Crippen molar-refractivity contribution < 1.29 is 0 Å². The molecule has 0 bridgehead atoms. The molecule has 2 rings (SSSR count). The molecule has 0 unspecified atom stereocenters. The van der Waals surface area contributed by atoms with Crippen molar-refractivity contribution in [2.24, 2.45) is 5.73 Å². The Balaban J connectivity index is 1.94. The van der Waals surface area contributed by atoms with Gasteiger partial charge in [-0.05, 0) is 6.42 Å². The van der Waals surface area contributed by atoms with E-state index in [0.29, 0.717) is 6.54 Å². The van der Waals surface area contributed by atoms with E-state index in [-0.39, 0.29) is 0 Å². The minimum atomic E-state index is 0.479. The lowest BCUT2D eigenvalue weighted by atomic mass is 10.1. The molecule has 1 heterocycles. The number of unbranched alkanes of at least 4 members (excludes halogenated alkanes) is 5. The second-order valence-electron chi connectivity index (χ2n) is 5.45. The Labute approximate surface area is 127 Å². The highest BCUT2D eigenvalue weighted by atomic mass is 15.4. The summed E-state index contributed by atoms with van der Waals surface area (Å²) < 4.78 is 1.97. The van der Waals surface area contributed by atoms with Gasteiger partial charge in [-0.25, -0.2) is 4.68 Å². The summed E-state index contributed by atoms with van der Waals surface area (Å²) in [6.07, 6.45) is 7.69. The van der Waals surface area contributed by atoms with Crippen LogP contribution in [0.5, 0.6) is 0 Å². The molecular weight excluding hydrogens is 260 g/mol. The number of aryl methyl sites for hydroxylation is 1. The van der Waals surface area contributed by atoms with Crippen molar-refractivity contribution >= 4 is 0 Å². The monoisotopic (exact) mass is 286 g/mol. The van der Waals surface area contributed by atoms with Crippen molar-refractivity contribution in [1.29, 1.82) is 0 Å². The second-order valence-corrected chi connectivity index (χ2v) is 5.45. The molecule has 1 aromatic heterocycles. The maximum absolute atomic E-state index is 5.90. The third kappa shape index (κ3) is 4.39. The van der Waals surface area contributed by atoms with Crippen LogP contribution in [-0.2, 0) is 13.1 Å². The standard InChI is InChI=1S/C17H26N4/c1-2-3-4-5-6-10-13-21-16(14-18)17(19-20-21)15-11-8-7-9-12-15/h7-9,11-12H,2-6,10,13-14,18H2,1H3. The molecule has 0 radical (unpaired) electrons. The van der Waals surface area contributed by atoms with E-state index in [1.165, 1.54) is 32.1 Å². The third-order valence-electron chi connectivity index (χ3n) is 3.80. The van der Waals surface area contributed by atoms with Crippen molar-refractivity contribution in [3.63, 3.8) is 0 Å². The van der Waals surface area contributed by atoms with Gasteiger partial charge < -0.3 is 5.73 Å². The summed E-state index contributed by atoms with van der Waals surface area (Å²) in [4.78, 5) is 0. The molecule has 0 aliphatic rings. The highest BCUT2D eigenvalue weighted by Crippen LogP contribution is 2.20. The first kappa shape index (κ1) is 15.7. The summed E-state index contributed by atoms with van der Waals surface area (Å²) in [6, 6.07) is 10.1. The van der Waals surface area contributed by atoms with Gasteiger partial charge in [0.15, 0.2) is 0 Å². The van der Waals surface area contributed by atoms with Crippen molar-refractivity contribution in [2.45, 2.75) is 58.5 Å². The zero-order chi connectivity index (χ0) is 14.9. The largest absolute Gasteiger partial charge is 0.325 e. The van der Waals surface area contributed by atoms with Gasteiger partial charge in [-0.3, -0.25) is 0 Å². The fraction of sp³-hybridized carbons (Fsp3) is 0.529. The van der Waals surface area contributed by atoms with E-state index in [1.807, 2.05) is 22.9 Å². The van der Waals surface area contributed by atoms with Gasteiger partial charge in [-0.15, -0.1) is 5.10 Å². The lowest BCUT2D eigenvalue weighted by Crippen LogP contribution is -2.10. The molecule has 0 spiro atoms. The Hall–Kier alpha value is -1.68. The fourth-order valence-electron chi connectivity index (χ4n) is 2.58.